The first-order valence-corrected chi connectivity index (χ1v) is 21.4. The molecule has 12 rings (SSSR count). The molecule has 63 heavy (non-hydrogen) atoms. The van der Waals surface area contributed by atoms with E-state index in [0.29, 0.717) is 22.4 Å². The number of anilines is 3. The lowest BCUT2D eigenvalue weighted by Crippen LogP contribution is -2.29. The van der Waals surface area contributed by atoms with E-state index in [-0.39, 0.29) is 47.2 Å². The molecule has 10 aromatic rings. The summed E-state index contributed by atoms with van der Waals surface area (Å²) in [6.07, 6.45) is 0. The van der Waals surface area contributed by atoms with Crippen LogP contribution in [0.4, 0.5) is 17.1 Å². The summed E-state index contributed by atoms with van der Waals surface area (Å²) >= 11 is 0. The topological polar surface area (TPSA) is 3.24 Å². The predicted octanol–water partition coefficient (Wildman–Crippen LogP) is 15.5. The summed E-state index contributed by atoms with van der Waals surface area (Å²) in [6, 6.07) is 69.5. The van der Waals surface area contributed by atoms with Crippen LogP contribution in [0.5, 0.6) is 0 Å². The summed E-state index contributed by atoms with van der Waals surface area (Å²) in [5.74, 6) is 0. The first-order chi connectivity index (χ1) is 34.2. The molecule has 1 heteroatoms. The molecule has 0 unspecified atom stereocenters. The van der Waals surface area contributed by atoms with Crippen molar-refractivity contribution in [2.45, 2.75) is 10.8 Å². The summed E-state index contributed by atoms with van der Waals surface area (Å²) < 4.78 is 72.1. The zero-order valence-electron chi connectivity index (χ0n) is 41.2. The van der Waals surface area contributed by atoms with Crippen LogP contribution in [0.25, 0.3) is 33.4 Å². The van der Waals surface area contributed by atoms with Gasteiger partial charge in [0.05, 0.1) is 26.1 Å². The molecule has 0 saturated heterocycles. The average molecular weight is 809 g/mol. The summed E-state index contributed by atoms with van der Waals surface area (Å²) in [5.41, 5.74) is 8.32. The van der Waals surface area contributed by atoms with Crippen LogP contribution in [0.1, 0.15) is 54.1 Å². The van der Waals surface area contributed by atoms with Crippen molar-refractivity contribution in [2.75, 3.05) is 4.90 Å². The van der Waals surface area contributed by atoms with Gasteiger partial charge in [0.25, 0.3) is 0 Å². The Balaban J connectivity index is 1.27. The van der Waals surface area contributed by atoms with Crippen molar-refractivity contribution in [2.24, 2.45) is 0 Å². The number of benzene rings is 10. The van der Waals surface area contributed by atoms with E-state index in [0.717, 1.165) is 55.6 Å². The molecule has 0 bridgehead atoms. The fourth-order valence-corrected chi connectivity index (χ4v) is 10.5. The van der Waals surface area contributed by atoms with E-state index in [1.165, 1.54) is 0 Å². The Bertz CT molecular complexity index is 3610. The van der Waals surface area contributed by atoms with E-state index in [2.05, 4.69) is 42.5 Å². The quantitative estimate of drug-likeness (QED) is 0.148. The van der Waals surface area contributed by atoms with Gasteiger partial charge in [0.1, 0.15) is 0 Å². The summed E-state index contributed by atoms with van der Waals surface area (Å²) in [6.45, 7) is 0. The fraction of sp³-hybridized carbons (Fsp3) is 0.0323. The molecule has 0 aromatic heterocycles. The third-order valence-electron chi connectivity index (χ3n) is 13.0. The number of para-hydroxylation sites is 1. The van der Waals surface area contributed by atoms with Gasteiger partial charge in [0, 0.05) is 16.9 Å². The van der Waals surface area contributed by atoms with Gasteiger partial charge in [-0.2, -0.15) is 0 Å². The third-order valence-corrected chi connectivity index (χ3v) is 13.0. The molecule has 2 aliphatic rings. The standard InChI is InChI=1S/C62H43N/c1-5-22-44(23-6-1)51-32-16-20-39-60(51)63(49-31-21-30-48(42-49)62(47-28-11-4-12-29-47)57-37-18-13-33-52(57)53-34-14-19-38-58(53)62)50-40-41-55-54-35-15-17-36-56(54)61(59(55)43-50,45-24-7-2-8-25-45)46-26-9-3-10-27-46/h1-43H/i21D,30D,31D,40D,41D,42D,43D. The molecular formula is C62H43N. The van der Waals surface area contributed by atoms with Gasteiger partial charge in [-0.25, -0.2) is 0 Å². The van der Waals surface area contributed by atoms with Crippen LogP contribution in [0.3, 0.4) is 0 Å². The molecule has 10 aromatic carbocycles. The van der Waals surface area contributed by atoms with Crippen molar-refractivity contribution in [3.8, 4) is 33.4 Å². The molecule has 0 spiro atoms. The van der Waals surface area contributed by atoms with Crippen molar-refractivity contribution in [1.29, 1.82) is 0 Å². The van der Waals surface area contributed by atoms with Crippen molar-refractivity contribution < 1.29 is 9.60 Å². The van der Waals surface area contributed by atoms with Crippen LogP contribution < -0.4 is 4.90 Å². The number of hydrogen-bond acceptors (Lipinski definition) is 1. The largest absolute Gasteiger partial charge is 0.310 e. The van der Waals surface area contributed by atoms with Gasteiger partial charge < -0.3 is 4.90 Å². The minimum Gasteiger partial charge on any atom is -0.310 e. The second-order valence-corrected chi connectivity index (χ2v) is 16.2. The lowest BCUT2D eigenvalue weighted by molar-refractivity contribution is 0.767. The van der Waals surface area contributed by atoms with Crippen molar-refractivity contribution in [1.82, 2.24) is 0 Å². The highest BCUT2D eigenvalue weighted by Gasteiger charge is 2.48. The van der Waals surface area contributed by atoms with Crippen molar-refractivity contribution >= 4 is 17.1 Å². The Morgan fingerprint density at radius 1 is 0.302 bits per heavy atom. The van der Waals surface area contributed by atoms with E-state index < -0.39 is 22.9 Å². The molecule has 0 N–H and O–H groups in total. The SMILES string of the molecule is [2H]c1c([2H])c(N(c2ccccc2-c2ccccc2)c2c([2H])c([2H])c3c(c2[2H])C(c2ccccc2)(c2ccccc2)c2ccccc2-3)c([2H])c(C2(c3ccccc3)c3ccccc3-c3ccccc32)c1[2H]. The van der Waals surface area contributed by atoms with Gasteiger partial charge in [-0.3, -0.25) is 0 Å². The average Bonchev–Trinajstić information content (AvgIpc) is 3.90. The highest BCUT2D eigenvalue weighted by Crippen LogP contribution is 2.59. The third kappa shape index (κ3) is 5.50. The van der Waals surface area contributed by atoms with Gasteiger partial charge in [0.15, 0.2) is 0 Å². The Morgan fingerprint density at radius 2 is 0.714 bits per heavy atom. The summed E-state index contributed by atoms with van der Waals surface area (Å²) in [5, 5.41) is 0. The molecule has 0 heterocycles. The highest BCUT2D eigenvalue weighted by atomic mass is 15.1. The normalized spacial score (nSPS) is 15.2. The maximum absolute atomic E-state index is 10.9. The second kappa shape index (κ2) is 14.9. The van der Waals surface area contributed by atoms with Gasteiger partial charge in [-0.15, -0.1) is 0 Å². The Kier molecular flexibility index (Phi) is 7.10. The first-order valence-electron chi connectivity index (χ1n) is 24.9. The number of hydrogen-bond donors (Lipinski definition) is 0. The molecule has 1 nitrogen and oxygen atoms in total. The molecular weight excluding hydrogens is 759 g/mol. The lowest BCUT2D eigenvalue weighted by Gasteiger charge is -2.36. The smallest absolute Gasteiger partial charge is 0.0714 e. The maximum Gasteiger partial charge on any atom is 0.0714 e. The van der Waals surface area contributed by atoms with Gasteiger partial charge >= 0.3 is 0 Å². The first kappa shape index (κ1) is 30.1. The van der Waals surface area contributed by atoms with Crippen LogP contribution in [-0.2, 0) is 10.8 Å². The van der Waals surface area contributed by atoms with E-state index in [4.69, 9.17) is 0 Å². The molecule has 0 aliphatic heterocycles. The van der Waals surface area contributed by atoms with E-state index in [1.54, 1.807) is 4.90 Å². The molecule has 0 saturated carbocycles. The second-order valence-electron chi connectivity index (χ2n) is 16.2. The lowest BCUT2D eigenvalue weighted by atomic mass is 9.67. The zero-order chi connectivity index (χ0) is 47.9. The molecule has 0 radical (unpaired) electrons. The Hall–Kier alpha value is -8.00. The van der Waals surface area contributed by atoms with Gasteiger partial charge in [-0.05, 0) is 103 Å². The van der Waals surface area contributed by atoms with Gasteiger partial charge in [0.2, 0.25) is 0 Å². The van der Waals surface area contributed by atoms with Crippen LogP contribution in [0.2, 0.25) is 0 Å². The highest BCUT2D eigenvalue weighted by molar-refractivity contribution is 5.93. The fourth-order valence-electron chi connectivity index (χ4n) is 10.5. The molecule has 296 valence electrons. The minimum atomic E-state index is -1.30. The van der Waals surface area contributed by atoms with Crippen LogP contribution in [0.15, 0.2) is 261 Å². The van der Waals surface area contributed by atoms with Crippen molar-refractivity contribution in [3.63, 3.8) is 0 Å². The summed E-state index contributed by atoms with van der Waals surface area (Å²) in [7, 11) is 0. The molecule has 0 amide bonds. The molecule has 0 fully saturated rings. The Morgan fingerprint density at radius 3 is 1.25 bits per heavy atom. The maximum atomic E-state index is 10.9. The number of fused-ring (bicyclic) bond motifs is 6. The van der Waals surface area contributed by atoms with Crippen LogP contribution in [0, 0.1) is 0 Å². The minimum absolute atomic E-state index is 0.0118. The molecule has 0 atom stereocenters. The molecule has 2 aliphatic carbocycles. The van der Waals surface area contributed by atoms with Crippen LogP contribution >= 0.6 is 0 Å². The van der Waals surface area contributed by atoms with E-state index in [9.17, 15) is 9.60 Å². The zero-order valence-corrected chi connectivity index (χ0v) is 34.2. The number of nitrogens with zero attached hydrogens (tertiary/aromatic N) is 1. The summed E-state index contributed by atoms with van der Waals surface area (Å²) in [4.78, 5) is 1.63. The van der Waals surface area contributed by atoms with Crippen molar-refractivity contribution in [3.05, 3.63) is 305 Å². The van der Waals surface area contributed by atoms with E-state index in [1.807, 2.05) is 176 Å². The van der Waals surface area contributed by atoms with E-state index >= 15 is 0 Å². The Labute approximate surface area is 379 Å². The van der Waals surface area contributed by atoms with Gasteiger partial charge in [-0.1, -0.05) is 230 Å². The number of rotatable bonds is 8. The van der Waals surface area contributed by atoms with Crippen LogP contribution in [-0.4, -0.2) is 0 Å². The predicted molar refractivity (Wildman–Crippen MR) is 261 cm³/mol. The monoisotopic (exact) mass is 808 g/mol.